The fraction of sp³-hybridized carbons (Fsp3) is 0.385. The number of carbonyl (C=O) groups excluding carboxylic acids is 2. The molecule has 0 fully saturated rings. The molecule has 0 aliphatic heterocycles. The van der Waals surface area contributed by atoms with E-state index in [1.165, 1.54) is 24.3 Å². The predicted octanol–water partition coefficient (Wildman–Crippen LogP) is 2.03. The molecule has 108 valence electrons. The van der Waals surface area contributed by atoms with Crippen molar-refractivity contribution < 1.29 is 24.3 Å². The smallest absolute Gasteiger partial charge is 0.338 e. The Morgan fingerprint density at radius 3 is 2.10 bits per heavy atom. The van der Waals surface area contributed by atoms with Crippen LogP contribution in [0.5, 0.6) is 0 Å². The molecule has 0 atom stereocenters. The molecular formula is C13H15NO6. The van der Waals surface area contributed by atoms with Crippen LogP contribution in [-0.2, 0) is 9.57 Å². The molecule has 1 aromatic carbocycles. The first kappa shape index (κ1) is 15.6. The summed E-state index contributed by atoms with van der Waals surface area (Å²) >= 11 is 0. The van der Waals surface area contributed by atoms with Crippen molar-refractivity contribution in [1.29, 1.82) is 0 Å². The number of Topliss-reactive ketones (excluding diaryl/α,β-unsaturated/α-hetero) is 1. The van der Waals surface area contributed by atoms with Crippen molar-refractivity contribution in [2.24, 2.45) is 0 Å². The maximum Gasteiger partial charge on any atom is 0.338 e. The maximum absolute atomic E-state index is 11.7. The average molecular weight is 281 g/mol. The molecule has 0 unspecified atom stereocenters. The number of rotatable bonds is 5. The number of ketones is 1. The van der Waals surface area contributed by atoms with Gasteiger partial charge in [0, 0.05) is 5.56 Å². The average Bonchev–Trinajstić information content (AvgIpc) is 2.34. The molecule has 0 aliphatic rings. The molecule has 0 N–H and O–H groups in total. The number of esters is 1. The molecule has 7 nitrogen and oxygen atoms in total. The third-order valence-electron chi connectivity index (χ3n) is 2.14. The zero-order chi connectivity index (χ0) is 15.3. The molecule has 20 heavy (non-hydrogen) atoms. The highest BCUT2D eigenvalue weighted by molar-refractivity contribution is 5.98. The van der Waals surface area contributed by atoms with E-state index >= 15 is 0 Å². The van der Waals surface area contributed by atoms with Crippen molar-refractivity contribution in [1.82, 2.24) is 0 Å². The molecule has 0 bridgehead atoms. The van der Waals surface area contributed by atoms with Gasteiger partial charge < -0.3 is 9.57 Å². The van der Waals surface area contributed by atoms with E-state index in [9.17, 15) is 19.7 Å². The summed E-state index contributed by atoms with van der Waals surface area (Å²) in [5.41, 5.74) is -0.0867. The van der Waals surface area contributed by atoms with Gasteiger partial charge in [-0.2, -0.15) is 0 Å². The van der Waals surface area contributed by atoms with E-state index in [0.29, 0.717) is 5.56 Å². The minimum atomic E-state index is -1.03. The Labute approximate surface area is 115 Å². The van der Waals surface area contributed by atoms with Crippen LogP contribution >= 0.6 is 0 Å². The second-order valence-corrected chi connectivity index (χ2v) is 5.00. The van der Waals surface area contributed by atoms with Crippen molar-refractivity contribution in [3.63, 3.8) is 0 Å². The zero-order valence-electron chi connectivity index (χ0n) is 11.4. The fourth-order valence-corrected chi connectivity index (χ4v) is 1.32. The van der Waals surface area contributed by atoms with Crippen molar-refractivity contribution in [2.45, 2.75) is 26.4 Å². The van der Waals surface area contributed by atoms with Crippen molar-refractivity contribution in [2.75, 3.05) is 6.61 Å². The summed E-state index contributed by atoms with van der Waals surface area (Å²) in [5.74, 6) is -1.05. The second-order valence-electron chi connectivity index (χ2n) is 5.00. The Morgan fingerprint density at radius 2 is 1.65 bits per heavy atom. The van der Waals surface area contributed by atoms with E-state index in [4.69, 9.17) is 4.74 Å². The summed E-state index contributed by atoms with van der Waals surface area (Å²) < 4.78 is 5.17. The lowest BCUT2D eigenvalue weighted by Crippen LogP contribution is -2.23. The Morgan fingerprint density at radius 1 is 1.15 bits per heavy atom. The van der Waals surface area contributed by atoms with Crippen LogP contribution in [-0.4, -0.2) is 29.0 Å². The summed E-state index contributed by atoms with van der Waals surface area (Å²) in [5, 5.41) is 8.95. The normalized spacial score (nSPS) is 10.8. The van der Waals surface area contributed by atoms with Gasteiger partial charge in [-0.3, -0.25) is 4.79 Å². The zero-order valence-corrected chi connectivity index (χ0v) is 11.4. The lowest BCUT2D eigenvalue weighted by Gasteiger charge is -2.19. The van der Waals surface area contributed by atoms with Crippen LogP contribution in [0.25, 0.3) is 0 Å². The van der Waals surface area contributed by atoms with Crippen molar-refractivity contribution in [3.05, 3.63) is 45.5 Å². The van der Waals surface area contributed by atoms with Gasteiger partial charge in [0.05, 0.1) is 5.56 Å². The van der Waals surface area contributed by atoms with Gasteiger partial charge in [-0.25, -0.2) is 4.79 Å². The number of hydrogen-bond acceptors (Lipinski definition) is 6. The fourth-order valence-electron chi connectivity index (χ4n) is 1.32. The predicted molar refractivity (Wildman–Crippen MR) is 68.9 cm³/mol. The second kappa shape index (κ2) is 6.14. The Kier molecular flexibility index (Phi) is 4.79. The highest BCUT2D eigenvalue weighted by Gasteiger charge is 2.18. The van der Waals surface area contributed by atoms with Crippen molar-refractivity contribution >= 4 is 11.8 Å². The highest BCUT2D eigenvalue weighted by Crippen LogP contribution is 2.13. The quantitative estimate of drug-likeness (QED) is 0.354. The van der Waals surface area contributed by atoms with Crippen LogP contribution in [0.2, 0.25) is 0 Å². The van der Waals surface area contributed by atoms with Crippen LogP contribution in [0.3, 0.4) is 0 Å². The van der Waals surface area contributed by atoms with E-state index in [1.54, 1.807) is 20.8 Å². The molecular weight excluding hydrogens is 266 g/mol. The van der Waals surface area contributed by atoms with Gasteiger partial charge in [-0.05, 0) is 32.9 Å². The molecule has 0 saturated carbocycles. The third-order valence-corrected chi connectivity index (χ3v) is 2.14. The monoisotopic (exact) mass is 281 g/mol. The molecule has 0 saturated heterocycles. The van der Waals surface area contributed by atoms with Crippen LogP contribution in [0.1, 0.15) is 41.5 Å². The standard InChI is InChI=1S/C13H15NO6/c1-13(2,3)20-12(16)10-6-4-9(5-7-10)11(15)8-19-14(17)18/h4-7H,8H2,1-3H3. The van der Waals surface area contributed by atoms with Gasteiger partial charge in [-0.1, -0.05) is 12.1 Å². The summed E-state index contributed by atoms with van der Waals surface area (Å²) in [7, 11) is 0. The number of ether oxygens (including phenoxy) is 1. The molecule has 0 spiro atoms. The first-order valence-electron chi connectivity index (χ1n) is 5.83. The maximum atomic E-state index is 11.7. The van der Waals surface area contributed by atoms with E-state index in [2.05, 4.69) is 4.84 Å². The minimum absolute atomic E-state index is 0.221. The number of nitrogens with zero attached hydrogens (tertiary/aromatic N) is 1. The molecule has 0 aliphatic carbocycles. The van der Waals surface area contributed by atoms with Gasteiger partial charge in [0.2, 0.25) is 0 Å². The van der Waals surface area contributed by atoms with E-state index in [0.717, 1.165) is 0 Å². The number of carbonyl (C=O) groups is 2. The summed E-state index contributed by atoms with van der Waals surface area (Å²) in [6.45, 7) is 4.59. The van der Waals surface area contributed by atoms with E-state index in [-0.39, 0.29) is 5.56 Å². The summed E-state index contributed by atoms with van der Waals surface area (Å²) in [6.07, 6.45) is 0. The summed E-state index contributed by atoms with van der Waals surface area (Å²) in [4.78, 5) is 37.2. The van der Waals surface area contributed by atoms with E-state index < -0.39 is 29.0 Å². The van der Waals surface area contributed by atoms with Gasteiger partial charge in [0.25, 0.3) is 5.09 Å². The largest absolute Gasteiger partial charge is 0.456 e. The van der Waals surface area contributed by atoms with Gasteiger partial charge in [0.1, 0.15) is 5.60 Å². The molecule has 7 heteroatoms. The van der Waals surface area contributed by atoms with Crippen LogP contribution in [0.15, 0.2) is 24.3 Å². The van der Waals surface area contributed by atoms with Crippen LogP contribution in [0.4, 0.5) is 0 Å². The molecule has 1 aromatic rings. The molecule has 0 aromatic heterocycles. The van der Waals surface area contributed by atoms with Gasteiger partial charge >= 0.3 is 5.97 Å². The SMILES string of the molecule is CC(C)(C)OC(=O)c1ccc(C(=O)CO[N+](=O)[O-])cc1. The molecule has 0 heterocycles. The minimum Gasteiger partial charge on any atom is -0.456 e. The summed E-state index contributed by atoms with van der Waals surface area (Å²) in [6, 6.07) is 5.64. The Bertz CT molecular complexity index is 515. The van der Waals surface area contributed by atoms with Crippen molar-refractivity contribution in [3.8, 4) is 0 Å². The Balaban J connectivity index is 2.71. The van der Waals surface area contributed by atoms with Crippen LogP contribution in [0, 0.1) is 10.1 Å². The lowest BCUT2D eigenvalue weighted by molar-refractivity contribution is -0.754. The molecule has 0 radical (unpaired) electrons. The topological polar surface area (TPSA) is 95.7 Å². The molecule has 1 rings (SSSR count). The third kappa shape index (κ3) is 5.05. The first-order chi connectivity index (χ1) is 9.19. The number of benzene rings is 1. The molecule has 0 amide bonds. The van der Waals surface area contributed by atoms with Crippen LogP contribution < -0.4 is 0 Å². The first-order valence-corrected chi connectivity index (χ1v) is 5.83. The highest BCUT2D eigenvalue weighted by atomic mass is 16.9. The number of hydrogen-bond donors (Lipinski definition) is 0. The van der Waals surface area contributed by atoms with Gasteiger partial charge in [-0.15, -0.1) is 10.1 Å². The lowest BCUT2D eigenvalue weighted by atomic mass is 10.1. The van der Waals surface area contributed by atoms with E-state index in [1.807, 2.05) is 0 Å². The Hall–Kier alpha value is -2.44. The van der Waals surface area contributed by atoms with Gasteiger partial charge in [0.15, 0.2) is 12.4 Å².